The first-order valence-corrected chi connectivity index (χ1v) is 7.77. The second-order valence-electron chi connectivity index (χ2n) is 4.33. The summed E-state index contributed by atoms with van der Waals surface area (Å²) < 4.78 is 22.7. The van der Waals surface area contributed by atoms with Crippen LogP contribution >= 0.6 is 0 Å². The van der Waals surface area contributed by atoms with Crippen LogP contribution < -0.4 is 5.32 Å². The Morgan fingerprint density at radius 3 is 2.65 bits per heavy atom. The molecular weight excluding hydrogens is 234 g/mol. The number of hydrogen-bond acceptors (Lipinski definition) is 3. The fourth-order valence-corrected chi connectivity index (χ4v) is 2.35. The predicted molar refractivity (Wildman–Crippen MR) is 71.9 cm³/mol. The monoisotopic (exact) mass is 255 g/mol. The minimum atomic E-state index is -2.87. The van der Waals surface area contributed by atoms with Gasteiger partial charge in [0, 0.05) is 18.3 Å². The summed E-state index contributed by atoms with van der Waals surface area (Å²) in [5.41, 5.74) is 2.41. The summed E-state index contributed by atoms with van der Waals surface area (Å²) in [5, 5.41) is 3.24. The Hall–Kier alpha value is -0.870. The third kappa shape index (κ3) is 4.88. The molecular formula is C13H21NO2S. The van der Waals surface area contributed by atoms with Crippen LogP contribution in [0, 0.1) is 6.92 Å². The van der Waals surface area contributed by atoms with Crippen LogP contribution in [-0.4, -0.2) is 26.5 Å². The summed E-state index contributed by atoms with van der Waals surface area (Å²) in [6.45, 7) is 6.29. The van der Waals surface area contributed by atoms with Gasteiger partial charge >= 0.3 is 0 Å². The zero-order valence-corrected chi connectivity index (χ0v) is 11.5. The van der Waals surface area contributed by atoms with Crippen molar-refractivity contribution in [1.82, 2.24) is 5.32 Å². The van der Waals surface area contributed by atoms with Crippen molar-refractivity contribution in [2.45, 2.75) is 26.8 Å². The third-order valence-electron chi connectivity index (χ3n) is 2.85. The molecule has 0 aliphatic heterocycles. The maximum Gasteiger partial charge on any atom is 0.151 e. The van der Waals surface area contributed by atoms with E-state index in [4.69, 9.17) is 0 Å². The molecule has 1 aromatic carbocycles. The van der Waals surface area contributed by atoms with Crippen molar-refractivity contribution in [3.63, 3.8) is 0 Å². The van der Waals surface area contributed by atoms with Gasteiger partial charge in [-0.1, -0.05) is 36.8 Å². The Balaban J connectivity index is 2.48. The molecule has 1 aromatic rings. The number of sulfone groups is 1. The smallest absolute Gasteiger partial charge is 0.151 e. The Morgan fingerprint density at radius 2 is 2.06 bits per heavy atom. The van der Waals surface area contributed by atoms with Gasteiger partial charge in [0.05, 0.1) is 5.75 Å². The second kappa shape index (κ2) is 6.17. The molecule has 96 valence electrons. The van der Waals surface area contributed by atoms with Crippen LogP contribution in [0.1, 0.15) is 31.0 Å². The number of hydrogen-bond donors (Lipinski definition) is 1. The molecule has 0 radical (unpaired) electrons. The second-order valence-corrected chi connectivity index (χ2v) is 6.80. The van der Waals surface area contributed by atoms with Crippen LogP contribution in [0.3, 0.4) is 0 Å². The molecule has 1 rings (SSSR count). The lowest BCUT2D eigenvalue weighted by atomic mass is 10.1. The number of nitrogens with one attached hydrogen (secondary N) is 1. The molecule has 0 heterocycles. The fraction of sp³-hybridized carbons (Fsp3) is 0.538. The predicted octanol–water partition coefficient (Wildman–Crippen LogP) is 2.08. The maximum absolute atomic E-state index is 11.3. The van der Waals surface area contributed by atoms with E-state index in [2.05, 4.69) is 30.4 Å². The third-order valence-corrected chi connectivity index (χ3v) is 4.55. The molecule has 17 heavy (non-hydrogen) atoms. The van der Waals surface area contributed by atoms with Gasteiger partial charge in [-0.15, -0.1) is 0 Å². The highest BCUT2D eigenvalue weighted by Gasteiger charge is 2.09. The lowest BCUT2D eigenvalue weighted by Gasteiger charge is -2.14. The first-order valence-electron chi connectivity index (χ1n) is 5.95. The van der Waals surface area contributed by atoms with Gasteiger partial charge in [0.1, 0.15) is 0 Å². The minimum Gasteiger partial charge on any atom is -0.309 e. The van der Waals surface area contributed by atoms with E-state index in [1.165, 1.54) is 11.1 Å². The topological polar surface area (TPSA) is 46.2 Å². The van der Waals surface area contributed by atoms with Gasteiger partial charge in [0.25, 0.3) is 0 Å². The van der Waals surface area contributed by atoms with Gasteiger partial charge < -0.3 is 5.32 Å². The first kappa shape index (κ1) is 14.2. The quantitative estimate of drug-likeness (QED) is 0.846. The molecule has 0 bridgehead atoms. The van der Waals surface area contributed by atoms with Crippen LogP contribution in [0.2, 0.25) is 0 Å². The van der Waals surface area contributed by atoms with Crippen LogP contribution in [-0.2, 0) is 9.84 Å². The number of rotatable bonds is 6. The molecule has 0 saturated carbocycles. The molecule has 0 unspecified atom stereocenters. The highest BCUT2D eigenvalue weighted by Crippen LogP contribution is 2.13. The maximum atomic E-state index is 11.3. The van der Waals surface area contributed by atoms with Gasteiger partial charge in [0.15, 0.2) is 9.84 Å². The fourth-order valence-electron chi connectivity index (χ4n) is 1.63. The van der Waals surface area contributed by atoms with Crippen molar-refractivity contribution in [1.29, 1.82) is 0 Å². The van der Waals surface area contributed by atoms with Crippen molar-refractivity contribution >= 4 is 9.84 Å². The summed E-state index contributed by atoms with van der Waals surface area (Å²) in [5.74, 6) is 0.424. The molecule has 0 spiro atoms. The van der Waals surface area contributed by atoms with Crippen molar-refractivity contribution in [3.05, 3.63) is 35.4 Å². The summed E-state index contributed by atoms with van der Waals surface area (Å²) in [4.78, 5) is 0. The van der Waals surface area contributed by atoms with Crippen LogP contribution in [0.4, 0.5) is 0 Å². The van der Waals surface area contributed by atoms with Crippen molar-refractivity contribution < 1.29 is 8.42 Å². The molecule has 1 atom stereocenters. The average molecular weight is 255 g/mol. The molecule has 3 nitrogen and oxygen atoms in total. The summed E-state index contributed by atoms with van der Waals surface area (Å²) in [6, 6.07) is 8.43. The van der Waals surface area contributed by atoms with Crippen LogP contribution in [0.25, 0.3) is 0 Å². The summed E-state index contributed by atoms with van der Waals surface area (Å²) in [6.07, 6.45) is 0. The largest absolute Gasteiger partial charge is 0.309 e. The normalized spacial score (nSPS) is 13.6. The van der Waals surface area contributed by atoms with E-state index in [9.17, 15) is 8.42 Å². The molecule has 0 aliphatic carbocycles. The van der Waals surface area contributed by atoms with Gasteiger partial charge in [-0.05, 0) is 19.4 Å². The highest BCUT2D eigenvalue weighted by atomic mass is 32.2. The molecule has 0 aliphatic rings. The molecule has 0 fully saturated rings. The summed E-state index contributed by atoms with van der Waals surface area (Å²) >= 11 is 0. The van der Waals surface area contributed by atoms with Crippen molar-refractivity contribution in [3.8, 4) is 0 Å². The highest BCUT2D eigenvalue weighted by molar-refractivity contribution is 7.91. The zero-order chi connectivity index (χ0) is 12.9. The molecule has 0 amide bonds. The molecule has 4 heteroatoms. The summed E-state index contributed by atoms with van der Waals surface area (Å²) in [7, 11) is -2.87. The van der Waals surface area contributed by atoms with E-state index in [0.29, 0.717) is 6.54 Å². The van der Waals surface area contributed by atoms with Crippen LogP contribution in [0.5, 0.6) is 0 Å². The van der Waals surface area contributed by atoms with E-state index in [-0.39, 0.29) is 17.5 Å². The van der Waals surface area contributed by atoms with E-state index < -0.39 is 9.84 Å². The standard InChI is InChI=1S/C13H21NO2S/c1-4-17(15,16)9-8-14-12(3)13-7-5-6-11(2)10-13/h5-7,10,12,14H,4,8-9H2,1-3H3/t12-/m1/s1. The lowest BCUT2D eigenvalue weighted by Crippen LogP contribution is -2.26. The van der Waals surface area contributed by atoms with E-state index >= 15 is 0 Å². The Bertz CT molecular complexity index is 454. The van der Waals surface area contributed by atoms with E-state index in [1.807, 2.05) is 13.0 Å². The Morgan fingerprint density at radius 1 is 1.35 bits per heavy atom. The molecule has 0 aromatic heterocycles. The molecule has 1 N–H and O–H groups in total. The van der Waals surface area contributed by atoms with Gasteiger partial charge in [-0.25, -0.2) is 8.42 Å². The van der Waals surface area contributed by atoms with E-state index in [0.717, 1.165) is 0 Å². The van der Waals surface area contributed by atoms with E-state index in [1.54, 1.807) is 6.92 Å². The first-order chi connectivity index (χ1) is 7.94. The number of benzene rings is 1. The van der Waals surface area contributed by atoms with Gasteiger partial charge in [-0.3, -0.25) is 0 Å². The van der Waals surface area contributed by atoms with Crippen molar-refractivity contribution in [2.24, 2.45) is 0 Å². The van der Waals surface area contributed by atoms with Crippen molar-refractivity contribution in [2.75, 3.05) is 18.1 Å². The van der Waals surface area contributed by atoms with Gasteiger partial charge in [-0.2, -0.15) is 0 Å². The zero-order valence-electron chi connectivity index (χ0n) is 10.7. The number of aryl methyl sites for hydroxylation is 1. The molecule has 0 saturated heterocycles. The average Bonchev–Trinajstić information content (AvgIpc) is 2.28. The SMILES string of the molecule is CCS(=O)(=O)CCN[C@H](C)c1cccc(C)c1. The lowest BCUT2D eigenvalue weighted by molar-refractivity contribution is 0.573. The minimum absolute atomic E-state index is 0.182. The van der Waals surface area contributed by atoms with Gasteiger partial charge in [0.2, 0.25) is 0 Å². The van der Waals surface area contributed by atoms with Crippen LogP contribution in [0.15, 0.2) is 24.3 Å². The Kier molecular flexibility index (Phi) is 5.15. The Labute approximate surface area is 104 Å².